The Morgan fingerprint density at radius 2 is 1.22 bits per heavy atom. The number of nitrogen functional groups attached to an aromatic ring is 1. The molecule has 0 unspecified atom stereocenters. The van der Waals surface area contributed by atoms with Crippen LogP contribution in [0.15, 0.2) is 54.6 Å². The SMILES string of the molecule is Cl.Cl.Nc1ccc(CNCc2ccccc2)cc1. The van der Waals surface area contributed by atoms with Crippen LogP contribution in [-0.4, -0.2) is 0 Å². The van der Waals surface area contributed by atoms with E-state index in [9.17, 15) is 0 Å². The van der Waals surface area contributed by atoms with Gasteiger partial charge in [0, 0.05) is 18.8 Å². The number of halogens is 2. The Morgan fingerprint density at radius 3 is 1.78 bits per heavy atom. The summed E-state index contributed by atoms with van der Waals surface area (Å²) < 4.78 is 0. The van der Waals surface area contributed by atoms with Crippen LogP contribution in [0.2, 0.25) is 0 Å². The fourth-order valence-electron chi connectivity index (χ4n) is 1.58. The van der Waals surface area contributed by atoms with E-state index in [1.807, 2.05) is 30.3 Å². The summed E-state index contributed by atoms with van der Waals surface area (Å²) >= 11 is 0. The Bertz CT molecular complexity index is 429. The molecule has 0 spiro atoms. The van der Waals surface area contributed by atoms with Crippen LogP contribution >= 0.6 is 24.8 Å². The van der Waals surface area contributed by atoms with Crippen LogP contribution in [0.4, 0.5) is 5.69 Å². The maximum absolute atomic E-state index is 5.63. The lowest BCUT2D eigenvalue weighted by Gasteiger charge is -2.05. The predicted molar refractivity (Wildman–Crippen MR) is 82.3 cm³/mol. The second kappa shape index (κ2) is 8.81. The molecule has 0 bridgehead atoms. The number of hydrogen-bond donors (Lipinski definition) is 2. The summed E-state index contributed by atoms with van der Waals surface area (Å²) in [6.07, 6.45) is 0. The molecule has 0 saturated heterocycles. The molecule has 2 rings (SSSR count). The molecule has 98 valence electrons. The fraction of sp³-hybridized carbons (Fsp3) is 0.143. The van der Waals surface area contributed by atoms with Gasteiger partial charge in [0.2, 0.25) is 0 Å². The average molecular weight is 285 g/mol. The third kappa shape index (κ3) is 5.41. The molecule has 0 fully saturated rings. The monoisotopic (exact) mass is 284 g/mol. The Balaban J connectivity index is 0.00000144. The molecular formula is C14H18Cl2N2. The van der Waals surface area contributed by atoms with Crippen molar-refractivity contribution in [2.45, 2.75) is 13.1 Å². The lowest BCUT2D eigenvalue weighted by atomic mass is 10.2. The van der Waals surface area contributed by atoms with E-state index in [2.05, 4.69) is 29.6 Å². The molecule has 0 saturated carbocycles. The first-order valence-electron chi connectivity index (χ1n) is 5.43. The molecule has 2 aromatic carbocycles. The van der Waals surface area contributed by atoms with Crippen molar-refractivity contribution in [3.63, 3.8) is 0 Å². The van der Waals surface area contributed by atoms with E-state index in [4.69, 9.17) is 5.73 Å². The summed E-state index contributed by atoms with van der Waals surface area (Å²) in [6.45, 7) is 1.76. The predicted octanol–water partition coefficient (Wildman–Crippen LogP) is 3.40. The van der Waals surface area contributed by atoms with Crippen molar-refractivity contribution in [2.24, 2.45) is 0 Å². The minimum Gasteiger partial charge on any atom is -0.399 e. The van der Waals surface area contributed by atoms with Gasteiger partial charge >= 0.3 is 0 Å². The minimum absolute atomic E-state index is 0. The van der Waals surface area contributed by atoms with Crippen molar-refractivity contribution in [1.82, 2.24) is 5.32 Å². The minimum atomic E-state index is 0. The molecular weight excluding hydrogens is 267 g/mol. The second-order valence-electron chi connectivity index (χ2n) is 3.83. The lowest BCUT2D eigenvalue weighted by molar-refractivity contribution is 0.693. The van der Waals surface area contributed by atoms with Crippen molar-refractivity contribution < 1.29 is 0 Å². The summed E-state index contributed by atoms with van der Waals surface area (Å²) in [5, 5.41) is 3.40. The normalized spacial score (nSPS) is 9.11. The Hall–Kier alpha value is -1.22. The number of hydrogen-bond acceptors (Lipinski definition) is 2. The third-order valence-corrected chi connectivity index (χ3v) is 2.48. The molecule has 0 aromatic heterocycles. The third-order valence-electron chi connectivity index (χ3n) is 2.48. The number of benzene rings is 2. The Morgan fingerprint density at radius 1 is 0.722 bits per heavy atom. The van der Waals surface area contributed by atoms with Crippen LogP contribution in [0.5, 0.6) is 0 Å². The molecule has 2 nitrogen and oxygen atoms in total. The van der Waals surface area contributed by atoms with Gasteiger partial charge in [-0.05, 0) is 23.3 Å². The van der Waals surface area contributed by atoms with Crippen molar-refractivity contribution in [3.05, 3.63) is 65.7 Å². The zero-order valence-electron chi connectivity index (χ0n) is 10.0. The first-order valence-corrected chi connectivity index (χ1v) is 5.43. The topological polar surface area (TPSA) is 38.0 Å². The lowest BCUT2D eigenvalue weighted by Crippen LogP contribution is -2.12. The number of rotatable bonds is 4. The van der Waals surface area contributed by atoms with Gasteiger partial charge in [0.1, 0.15) is 0 Å². The molecule has 0 aliphatic carbocycles. The van der Waals surface area contributed by atoms with Crippen molar-refractivity contribution in [2.75, 3.05) is 5.73 Å². The van der Waals surface area contributed by atoms with Crippen molar-refractivity contribution >= 4 is 30.5 Å². The largest absolute Gasteiger partial charge is 0.399 e. The molecule has 0 heterocycles. The smallest absolute Gasteiger partial charge is 0.0314 e. The zero-order valence-corrected chi connectivity index (χ0v) is 11.6. The quantitative estimate of drug-likeness (QED) is 0.845. The first-order chi connectivity index (χ1) is 7.84. The highest BCUT2D eigenvalue weighted by Crippen LogP contribution is 2.05. The van der Waals surface area contributed by atoms with Gasteiger partial charge < -0.3 is 11.1 Å². The number of nitrogens with one attached hydrogen (secondary N) is 1. The van der Waals surface area contributed by atoms with Crippen LogP contribution in [0, 0.1) is 0 Å². The van der Waals surface area contributed by atoms with E-state index >= 15 is 0 Å². The average Bonchev–Trinajstić information content (AvgIpc) is 2.33. The molecule has 2 aromatic rings. The molecule has 3 N–H and O–H groups in total. The molecule has 0 aliphatic rings. The highest BCUT2D eigenvalue weighted by atomic mass is 35.5. The van der Waals surface area contributed by atoms with Gasteiger partial charge in [-0.2, -0.15) is 0 Å². The van der Waals surface area contributed by atoms with Crippen molar-refractivity contribution in [1.29, 1.82) is 0 Å². The fourth-order valence-corrected chi connectivity index (χ4v) is 1.58. The van der Waals surface area contributed by atoms with E-state index < -0.39 is 0 Å². The highest BCUT2D eigenvalue weighted by molar-refractivity contribution is 5.85. The second-order valence-corrected chi connectivity index (χ2v) is 3.83. The van der Waals surface area contributed by atoms with Crippen LogP contribution in [0.1, 0.15) is 11.1 Å². The summed E-state index contributed by atoms with van der Waals surface area (Å²) in [7, 11) is 0. The van der Waals surface area contributed by atoms with Gasteiger partial charge in [-0.1, -0.05) is 42.5 Å². The van der Waals surface area contributed by atoms with Crippen LogP contribution < -0.4 is 11.1 Å². The van der Waals surface area contributed by atoms with Gasteiger partial charge in [-0.15, -0.1) is 24.8 Å². The molecule has 0 atom stereocenters. The van der Waals surface area contributed by atoms with E-state index in [0.29, 0.717) is 0 Å². The number of nitrogens with two attached hydrogens (primary N) is 1. The van der Waals surface area contributed by atoms with E-state index in [-0.39, 0.29) is 24.8 Å². The summed E-state index contributed by atoms with van der Waals surface area (Å²) in [6, 6.07) is 18.3. The first kappa shape index (κ1) is 16.8. The molecule has 0 amide bonds. The van der Waals surface area contributed by atoms with Crippen LogP contribution in [0.25, 0.3) is 0 Å². The standard InChI is InChI=1S/C14H16N2.2ClH/c15-14-8-6-13(7-9-14)11-16-10-12-4-2-1-3-5-12;;/h1-9,16H,10-11,15H2;2*1H. The number of anilines is 1. The maximum Gasteiger partial charge on any atom is 0.0314 e. The van der Waals surface area contributed by atoms with E-state index in [1.54, 1.807) is 0 Å². The summed E-state index contributed by atoms with van der Waals surface area (Å²) in [5.41, 5.74) is 9.00. The van der Waals surface area contributed by atoms with Crippen LogP contribution in [0.3, 0.4) is 0 Å². The maximum atomic E-state index is 5.63. The van der Waals surface area contributed by atoms with E-state index in [1.165, 1.54) is 11.1 Å². The van der Waals surface area contributed by atoms with Gasteiger partial charge in [-0.25, -0.2) is 0 Å². The highest BCUT2D eigenvalue weighted by Gasteiger charge is 1.93. The van der Waals surface area contributed by atoms with Gasteiger partial charge in [0.15, 0.2) is 0 Å². The molecule has 18 heavy (non-hydrogen) atoms. The molecule has 0 aliphatic heterocycles. The van der Waals surface area contributed by atoms with Gasteiger partial charge in [-0.3, -0.25) is 0 Å². The van der Waals surface area contributed by atoms with Crippen LogP contribution in [-0.2, 0) is 13.1 Å². The summed E-state index contributed by atoms with van der Waals surface area (Å²) in [4.78, 5) is 0. The van der Waals surface area contributed by atoms with Gasteiger partial charge in [0.05, 0.1) is 0 Å². The van der Waals surface area contributed by atoms with Crippen molar-refractivity contribution in [3.8, 4) is 0 Å². The Kier molecular flexibility index (Phi) is 8.21. The zero-order chi connectivity index (χ0) is 11.2. The van der Waals surface area contributed by atoms with E-state index in [0.717, 1.165) is 18.8 Å². The molecule has 4 heteroatoms. The molecule has 0 radical (unpaired) electrons. The summed E-state index contributed by atoms with van der Waals surface area (Å²) in [5.74, 6) is 0. The Labute approximate surface area is 120 Å². The van der Waals surface area contributed by atoms with Gasteiger partial charge in [0.25, 0.3) is 0 Å².